The summed E-state index contributed by atoms with van der Waals surface area (Å²) in [5.41, 5.74) is -1.45. The highest BCUT2D eigenvalue weighted by Crippen LogP contribution is 2.24. The lowest BCUT2D eigenvalue weighted by Crippen LogP contribution is -2.43. The van der Waals surface area contributed by atoms with E-state index in [4.69, 9.17) is 4.74 Å². The second-order valence-electron chi connectivity index (χ2n) is 3.47. The van der Waals surface area contributed by atoms with Gasteiger partial charge in [0.1, 0.15) is 11.7 Å². The number of aliphatic hydroxyl groups is 1. The van der Waals surface area contributed by atoms with Gasteiger partial charge in [-0.15, -0.1) is 0 Å². The molecule has 1 rings (SSSR count). The van der Waals surface area contributed by atoms with Gasteiger partial charge in [0.2, 0.25) is 0 Å². The number of methoxy groups -OCH3 is 2. The third kappa shape index (κ3) is 2.77. The molecule has 5 heteroatoms. The molecule has 0 unspecified atom stereocenters. The smallest absolute Gasteiger partial charge is 0.330 e. The molecule has 0 bridgehead atoms. The van der Waals surface area contributed by atoms with Crippen LogP contribution in [0.5, 0.6) is 0 Å². The number of esters is 1. The molecule has 0 aromatic heterocycles. The predicted molar refractivity (Wildman–Crippen MR) is 55.7 cm³/mol. The first-order valence-corrected chi connectivity index (χ1v) is 4.76. The first-order valence-electron chi connectivity index (χ1n) is 4.76. The number of allylic oxidation sites excluding steroid dienone is 1. The first kappa shape index (κ1) is 12.6. The molecule has 0 saturated heterocycles. The van der Waals surface area contributed by atoms with Crippen molar-refractivity contribution < 1.29 is 24.2 Å². The van der Waals surface area contributed by atoms with Crippen LogP contribution in [0.2, 0.25) is 0 Å². The Labute approximate surface area is 93.3 Å². The maximum Gasteiger partial charge on any atom is 0.330 e. The number of ether oxygens (including phenoxy) is 2. The highest BCUT2D eigenvalue weighted by atomic mass is 16.5. The summed E-state index contributed by atoms with van der Waals surface area (Å²) in [4.78, 5) is 22.0. The molecular weight excluding hydrogens is 212 g/mol. The van der Waals surface area contributed by atoms with Gasteiger partial charge in [-0.1, -0.05) is 0 Å². The number of hydrogen-bond acceptors (Lipinski definition) is 5. The molecule has 0 spiro atoms. The summed E-state index contributed by atoms with van der Waals surface area (Å²) in [7, 11) is 2.64. The summed E-state index contributed by atoms with van der Waals surface area (Å²) in [5, 5.41) is 10.1. The molecule has 5 nitrogen and oxygen atoms in total. The highest BCUT2D eigenvalue weighted by Gasteiger charge is 2.36. The number of rotatable bonds is 3. The van der Waals surface area contributed by atoms with Gasteiger partial charge in [0, 0.05) is 19.6 Å². The molecule has 0 saturated carbocycles. The zero-order valence-corrected chi connectivity index (χ0v) is 9.17. The van der Waals surface area contributed by atoms with Crippen LogP contribution in [0.1, 0.15) is 6.42 Å². The van der Waals surface area contributed by atoms with Crippen LogP contribution in [-0.4, -0.2) is 42.8 Å². The maximum atomic E-state index is 11.1. The predicted octanol–water partition coefficient (Wildman–Crippen LogP) is -0.00930. The minimum absolute atomic E-state index is 0.0784. The van der Waals surface area contributed by atoms with Crippen LogP contribution in [0.4, 0.5) is 0 Å². The third-order valence-corrected chi connectivity index (χ3v) is 2.41. The van der Waals surface area contributed by atoms with E-state index in [1.807, 2.05) is 0 Å². The van der Waals surface area contributed by atoms with Crippen molar-refractivity contribution in [2.45, 2.75) is 18.1 Å². The second kappa shape index (κ2) is 5.05. The summed E-state index contributed by atoms with van der Waals surface area (Å²) in [6.45, 7) is 0. The van der Waals surface area contributed by atoms with E-state index >= 15 is 0 Å². The van der Waals surface area contributed by atoms with Gasteiger partial charge in [0.05, 0.1) is 7.11 Å². The van der Waals surface area contributed by atoms with Crippen molar-refractivity contribution in [1.29, 1.82) is 0 Å². The zero-order chi connectivity index (χ0) is 12.2. The Morgan fingerprint density at radius 2 is 2.31 bits per heavy atom. The summed E-state index contributed by atoms with van der Waals surface area (Å²) >= 11 is 0. The van der Waals surface area contributed by atoms with E-state index in [1.54, 1.807) is 0 Å². The molecule has 0 heterocycles. The maximum absolute atomic E-state index is 11.1. The Hall–Kier alpha value is -1.46. The van der Waals surface area contributed by atoms with Crippen molar-refractivity contribution in [1.82, 2.24) is 0 Å². The monoisotopic (exact) mass is 226 g/mol. The van der Waals surface area contributed by atoms with Crippen LogP contribution < -0.4 is 0 Å². The minimum atomic E-state index is -1.45. The van der Waals surface area contributed by atoms with Gasteiger partial charge >= 0.3 is 5.97 Å². The third-order valence-electron chi connectivity index (χ3n) is 2.41. The molecule has 0 aliphatic heterocycles. The average molecular weight is 226 g/mol. The summed E-state index contributed by atoms with van der Waals surface area (Å²) < 4.78 is 9.43. The lowest BCUT2D eigenvalue weighted by molar-refractivity contribution is -0.135. The van der Waals surface area contributed by atoms with Crippen LogP contribution in [0.15, 0.2) is 24.3 Å². The molecule has 88 valence electrons. The van der Waals surface area contributed by atoms with E-state index in [9.17, 15) is 14.7 Å². The van der Waals surface area contributed by atoms with Crippen LogP contribution in [-0.2, 0) is 19.1 Å². The summed E-state index contributed by atoms with van der Waals surface area (Å²) in [6, 6.07) is 0. The van der Waals surface area contributed by atoms with E-state index in [0.717, 1.165) is 6.08 Å². The molecule has 16 heavy (non-hydrogen) atoms. The Balaban J connectivity index is 2.88. The van der Waals surface area contributed by atoms with Gasteiger partial charge in [-0.2, -0.15) is 0 Å². The largest absolute Gasteiger partial charge is 0.466 e. The second-order valence-corrected chi connectivity index (χ2v) is 3.47. The summed E-state index contributed by atoms with van der Waals surface area (Å²) in [6.07, 6.45) is 4.34. The molecule has 0 amide bonds. The van der Waals surface area contributed by atoms with E-state index in [2.05, 4.69) is 4.74 Å². The molecule has 0 fully saturated rings. The van der Waals surface area contributed by atoms with E-state index in [-0.39, 0.29) is 12.2 Å². The van der Waals surface area contributed by atoms with Crippen molar-refractivity contribution in [2.75, 3.05) is 14.2 Å². The fourth-order valence-corrected chi connectivity index (χ4v) is 1.45. The number of hydrogen-bond donors (Lipinski definition) is 1. The van der Waals surface area contributed by atoms with Crippen molar-refractivity contribution >= 4 is 11.8 Å². The Kier molecular flexibility index (Phi) is 3.98. The molecule has 1 aliphatic carbocycles. The minimum Gasteiger partial charge on any atom is -0.466 e. The first-order chi connectivity index (χ1) is 7.51. The van der Waals surface area contributed by atoms with Gasteiger partial charge in [0.15, 0.2) is 5.78 Å². The normalized spacial score (nSPS) is 29.7. The van der Waals surface area contributed by atoms with E-state index in [0.29, 0.717) is 0 Å². The van der Waals surface area contributed by atoms with E-state index < -0.39 is 17.7 Å². The quantitative estimate of drug-likeness (QED) is 0.541. The fraction of sp³-hybridized carbons (Fsp3) is 0.455. The van der Waals surface area contributed by atoms with Gasteiger partial charge in [-0.25, -0.2) is 4.79 Å². The number of carbonyl (C=O) groups excluding carboxylic acids is 2. The van der Waals surface area contributed by atoms with Gasteiger partial charge < -0.3 is 14.6 Å². The van der Waals surface area contributed by atoms with Gasteiger partial charge in [0.25, 0.3) is 0 Å². The van der Waals surface area contributed by atoms with Gasteiger partial charge in [-0.3, -0.25) is 4.79 Å². The van der Waals surface area contributed by atoms with Gasteiger partial charge in [-0.05, 0) is 18.2 Å². The standard InChI is InChI=1S/C11H14O5/c1-15-9-7-8(12)3-5-11(9,14)6-4-10(13)16-2/h3-6,9,14H,7H2,1-2H3/b6-4+/t9-,11-/m1/s1. The van der Waals surface area contributed by atoms with Crippen molar-refractivity contribution in [3.05, 3.63) is 24.3 Å². The number of ketones is 1. The lowest BCUT2D eigenvalue weighted by atomic mass is 9.87. The Morgan fingerprint density at radius 3 is 2.88 bits per heavy atom. The average Bonchev–Trinajstić information content (AvgIpc) is 2.29. The molecular formula is C11H14O5. The number of carbonyl (C=O) groups is 2. The molecule has 1 aliphatic rings. The van der Waals surface area contributed by atoms with Crippen LogP contribution in [0.3, 0.4) is 0 Å². The van der Waals surface area contributed by atoms with Crippen molar-refractivity contribution in [2.24, 2.45) is 0 Å². The van der Waals surface area contributed by atoms with Crippen molar-refractivity contribution in [3.8, 4) is 0 Å². The zero-order valence-electron chi connectivity index (χ0n) is 9.17. The lowest BCUT2D eigenvalue weighted by Gasteiger charge is -2.31. The highest BCUT2D eigenvalue weighted by molar-refractivity contribution is 5.92. The van der Waals surface area contributed by atoms with Crippen LogP contribution in [0, 0.1) is 0 Å². The summed E-state index contributed by atoms with van der Waals surface area (Å²) in [5.74, 6) is -0.698. The SMILES string of the molecule is COC(=O)/C=C/[C@]1(O)C=CC(=O)C[C@H]1OC. The molecule has 0 radical (unpaired) electrons. The molecule has 1 N–H and O–H groups in total. The molecule has 2 atom stereocenters. The van der Waals surface area contributed by atoms with Crippen LogP contribution in [0.25, 0.3) is 0 Å². The molecule has 0 aromatic rings. The topological polar surface area (TPSA) is 72.8 Å². The van der Waals surface area contributed by atoms with Crippen molar-refractivity contribution in [3.63, 3.8) is 0 Å². The Bertz CT molecular complexity index is 344. The fourth-order valence-electron chi connectivity index (χ4n) is 1.45. The Morgan fingerprint density at radius 1 is 1.62 bits per heavy atom. The molecule has 0 aromatic carbocycles. The van der Waals surface area contributed by atoms with Crippen LogP contribution >= 0.6 is 0 Å². The van der Waals surface area contributed by atoms with E-state index in [1.165, 1.54) is 32.4 Å².